The summed E-state index contributed by atoms with van der Waals surface area (Å²) >= 11 is 3.42. The van der Waals surface area contributed by atoms with Gasteiger partial charge in [0.15, 0.2) is 0 Å². The molecule has 2 aromatic rings. The van der Waals surface area contributed by atoms with E-state index in [4.69, 9.17) is 0 Å². The van der Waals surface area contributed by atoms with Crippen molar-refractivity contribution in [3.05, 3.63) is 64.1 Å². The summed E-state index contributed by atoms with van der Waals surface area (Å²) in [5.41, 5.74) is 0.0365. The third kappa shape index (κ3) is 3.75. The summed E-state index contributed by atoms with van der Waals surface area (Å²) in [6.45, 7) is 0. The van der Waals surface area contributed by atoms with E-state index >= 15 is 0 Å². The van der Waals surface area contributed by atoms with Gasteiger partial charge in [-0.3, -0.25) is 4.79 Å². The number of alkyl halides is 3. The SMILES string of the molecule is O=C1CC2CC(c3cccc(Br)c3)C(C1)N2S(=O)(=O)c1ccc(C(F)(F)F)cc1. The first-order valence-corrected chi connectivity index (χ1v) is 11.3. The summed E-state index contributed by atoms with van der Waals surface area (Å²) in [6, 6.07) is 10.0. The molecule has 2 aromatic carbocycles. The predicted molar refractivity (Wildman–Crippen MR) is 104 cm³/mol. The van der Waals surface area contributed by atoms with Crippen LogP contribution in [0.5, 0.6) is 0 Å². The van der Waals surface area contributed by atoms with Gasteiger partial charge in [-0.05, 0) is 48.4 Å². The topological polar surface area (TPSA) is 54.5 Å². The smallest absolute Gasteiger partial charge is 0.300 e. The third-order valence-corrected chi connectivity index (χ3v) is 8.10. The molecule has 2 aliphatic rings. The fraction of sp³-hybridized carbons (Fsp3) is 0.350. The largest absolute Gasteiger partial charge is 0.416 e. The van der Waals surface area contributed by atoms with E-state index < -0.39 is 33.8 Å². The lowest BCUT2D eigenvalue weighted by Gasteiger charge is -2.34. The summed E-state index contributed by atoms with van der Waals surface area (Å²) in [5.74, 6) is -0.135. The third-order valence-electron chi connectivity index (χ3n) is 5.61. The van der Waals surface area contributed by atoms with Crippen LogP contribution in [-0.4, -0.2) is 30.6 Å². The van der Waals surface area contributed by atoms with Gasteiger partial charge in [0.05, 0.1) is 10.5 Å². The molecule has 4 rings (SSSR count). The van der Waals surface area contributed by atoms with Gasteiger partial charge in [-0.15, -0.1) is 0 Å². The molecule has 0 N–H and O–H groups in total. The van der Waals surface area contributed by atoms with Crippen LogP contribution in [0.15, 0.2) is 57.9 Å². The fourth-order valence-electron chi connectivity index (χ4n) is 4.39. The molecule has 2 heterocycles. The number of carbonyl (C=O) groups excluding carboxylic acids is 1. The van der Waals surface area contributed by atoms with Crippen LogP contribution in [0.3, 0.4) is 0 Å². The summed E-state index contributed by atoms with van der Waals surface area (Å²) in [6.07, 6.45) is -3.80. The Bertz CT molecular complexity index is 1050. The van der Waals surface area contributed by atoms with Gasteiger partial charge in [-0.2, -0.15) is 17.5 Å². The number of rotatable bonds is 3. The standard InChI is InChI=1S/C20H17BrF3NO3S/c21-14-3-1-2-12(8-14)18-10-15-9-16(26)11-19(18)25(15)29(27,28)17-6-4-13(5-7-17)20(22,23)24/h1-8,15,18-19H,9-11H2. The molecule has 0 spiro atoms. The van der Waals surface area contributed by atoms with E-state index in [0.717, 1.165) is 34.3 Å². The Kier molecular flexibility index (Phi) is 5.11. The van der Waals surface area contributed by atoms with Crippen LogP contribution in [0.4, 0.5) is 13.2 Å². The first-order chi connectivity index (χ1) is 13.6. The highest BCUT2D eigenvalue weighted by molar-refractivity contribution is 9.10. The normalized spacial score (nSPS) is 25.4. The number of fused-ring (bicyclic) bond motifs is 2. The molecule has 29 heavy (non-hydrogen) atoms. The highest BCUT2D eigenvalue weighted by Gasteiger charge is 2.52. The van der Waals surface area contributed by atoms with Crippen molar-refractivity contribution in [2.24, 2.45) is 0 Å². The maximum absolute atomic E-state index is 13.3. The van der Waals surface area contributed by atoms with Crippen molar-refractivity contribution in [2.45, 2.75) is 48.3 Å². The van der Waals surface area contributed by atoms with E-state index in [9.17, 15) is 26.4 Å². The molecule has 0 saturated carbocycles. The highest BCUT2D eigenvalue weighted by Crippen LogP contribution is 2.47. The van der Waals surface area contributed by atoms with Crippen LogP contribution in [0.2, 0.25) is 0 Å². The molecule has 2 saturated heterocycles. The van der Waals surface area contributed by atoms with Crippen molar-refractivity contribution in [1.29, 1.82) is 0 Å². The average Bonchev–Trinajstić information content (AvgIpc) is 2.90. The molecule has 2 bridgehead atoms. The van der Waals surface area contributed by atoms with Gasteiger partial charge in [0.1, 0.15) is 5.78 Å². The number of hydrogen-bond acceptors (Lipinski definition) is 3. The predicted octanol–water partition coefficient (Wildman–Crippen LogP) is 4.75. The molecule has 0 radical (unpaired) electrons. The molecule has 2 aliphatic heterocycles. The zero-order chi connectivity index (χ0) is 21.0. The van der Waals surface area contributed by atoms with E-state index in [1.54, 1.807) is 0 Å². The van der Waals surface area contributed by atoms with Crippen molar-refractivity contribution < 1.29 is 26.4 Å². The zero-order valence-electron chi connectivity index (χ0n) is 15.1. The van der Waals surface area contributed by atoms with Gasteiger partial charge in [0.2, 0.25) is 10.0 Å². The van der Waals surface area contributed by atoms with Crippen molar-refractivity contribution >= 4 is 31.7 Å². The number of benzene rings is 2. The molecule has 0 aromatic heterocycles. The van der Waals surface area contributed by atoms with Crippen molar-refractivity contribution in [3.63, 3.8) is 0 Å². The zero-order valence-corrected chi connectivity index (χ0v) is 17.5. The van der Waals surface area contributed by atoms with Crippen molar-refractivity contribution in [2.75, 3.05) is 0 Å². The Hall–Kier alpha value is -1.71. The van der Waals surface area contributed by atoms with Crippen molar-refractivity contribution in [1.82, 2.24) is 4.31 Å². The van der Waals surface area contributed by atoms with Crippen LogP contribution >= 0.6 is 15.9 Å². The van der Waals surface area contributed by atoms with Crippen molar-refractivity contribution in [3.8, 4) is 0 Å². The molecule has 4 nitrogen and oxygen atoms in total. The number of Topliss-reactive ketones (excluding diaryl/α,β-unsaturated/α-hetero) is 1. The number of ketones is 1. The summed E-state index contributed by atoms with van der Waals surface area (Å²) in [4.78, 5) is 12.0. The Labute approximate surface area is 174 Å². The van der Waals surface area contributed by atoms with E-state index in [0.29, 0.717) is 6.42 Å². The summed E-state index contributed by atoms with van der Waals surface area (Å²) in [7, 11) is -4.03. The monoisotopic (exact) mass is 487 g/mol. The molecule has 0 amide bonds. The first-order valence-electron chi connectivity index (χ1n) is 9.05. The summed E-state index contributed by atoms with van der Waals surface area (Å²) in [5, 5.41) is 0. The minimum absolute atomic E-state index is 0.0105. The lowest BCUT2D eigenvalue weighted by molar-refractivity contribution is -0.137. The van der Waals surface area contributed by atoms with Crippen LogP contribution in [0, 0.1) is 0 Å². The van der Waals surface area contributed by atoms with E-state index in [2.05, 4.69) is 15.9 Å². The van der Waals surface area contributed by atoms with Gasteiger partial charge in [0, 0.05) is 35.3 Å². The summed E-state index contributed by atoms with van der Waals surface area (Å²) < 4.78 is 67.2. The minimum Gasteiger partial charge on any atom is -0.300 e. The lowest BCUT2D eigenvalue weighted by Crippen LogP contribution is -2.47. The molecular weight excluding hydrogens is 471 g/mol. The second kappa shape index (κ2) is 7.21. The molecule has 2 fully saturated rings. The van der Waals surface area contributed by atoms with E-state index in [-0.39, 0.29) is 29.4 Å². The van der Waals surface area contributed by atoms with E-state index in [1.165, 1.54) is 4.31 Å². The Morgan fingerprint density at radius 3 is 2.34 bits per heavy atom. The minimum atomic E-state index is -4.54. The van der Waals surface area contributed by atoms with Gasteiger partial charge < -0.3 is 0 Å². The van der Waals surface area contributed by atoms with Gasteiger partial charge >= 0.3 is 6.18 Å². The maximum Gasteiger partial charge on any atom is 0.416 e. The second-order valence-electron chi connectivity index (χ2n) is 7.42. The Balaban J connectivity index is 1.71. The quantitative estimate of drug-likeness (QED) is 0.627. The molecular formula is C20H17BrF3NO3S. The molecule has 3 unspecified atom stereocenters. The van der Waals surface area contributed by atoms with Crippen LogP contribution in [0.1, 0.15) is 36.3 Å². The van der Waals surface area contributed by atoms with Crippen LogP contribution < -0.4 is 0 Å². The Morgan fingerprint density at radius 2 is 1.72 bits per heavy atom. The maximum atomic E-state index is 13.3. The molecule has 9 heteroatoms. The number of carbonyl (C=O) groups is 1. The average molecular weight is 488 g/mol. The molecule has 0 aliphatic carbocycles. The van der Waals surface area contributed by atoms with Crippen LogP contribution in [-0.2, 0) is 21.0 Å². The first kappa shape index (κ1) is 20.6. The number of hydrogen-bond donors (Lipinski definition) is 0. The fourth-order valence-corrected chi connectivity index (χ4v) is 6.67. The molecule has 154 valence electrons. The van der Waals surface area contributed by atoms with E-state index in [1.807, 2.05) is 24.3 Å². The number of piperidine rings is 1. The number of halogens is 4. The van der Waals surface area contributed by atoms with Crippen LogP contribution in [0.25, 0.3) is 0 Å². The molecule has 3 atom stereocenters. The highest BCUT2D eigenvalue weighted by atomic mass is 79.9. The van der Waals surface area contributed by atoms with Gasteiger partial charge in [-0.25, -0.2) is 8.42 Å². The second-order valence-corrected chi connectivity index (χ2v) is 10.2. The Morgan fingerprint density at radius 1 is 1.03 bits per heavy atom. The number of sulfonamides is 1. The lowest BCUT2D eigenvalue weighted by atomic mass is 9.90. The van der Waals surface area contributed by atoms with Gasteiger partial charge in [0.25, 0.3) is 0 Å². The number of nitrogens with zero attached hydrogens (tertiary/aromatic N) is 1. The van der Waals surface area contributed by atoms with Gasteiger partial charge in [-0.1, -0.05) is 28.1 Å².